The molecule has 186 valence electrons. The number of aromatic amines is 1. The Morgan fingerprint density at radius 3 is 2.89 bits per heavy atom. The molecule has 36 heavy (non-hydrogen) atoms. The van der Waals surface area contributed by atoms with Gasteiger partial charge in [-0.25, -0.2) is 9.38 Å². The van der Waals surface area contributed by atoms with E-state index in [4.69, 9.17) is 16.2 Å². The Hall–Kier alpha value is -3.30. The Labute approximate surface area is 206 Å². The van der Waals surface area contributed by atoms with Crippen LogP contribution in [0.25, 0.3) is 10.9 Å². The average molecular weight is 490 g/mol. The number of rotatable bonds is 3. The zero-order chi connectivity index (χ0) is 24.6. The summed E-state index contributed by atoms with van der Waals surface area (Å²) in [7, 11) is 0. The van der Waals surface area contributed by atoms with E-state index in [1.54, 1.807) is 12.1 Å². The molecule has 3 heterocycles. The highest BCUT2D eigenvalue weighted by molar-refractivity contribution is 5.90. The number of nitrogens with zero attached hydrogens (tertiary/aromatic N) is 2. The molecular weight excluding hydrogens is 461 g/mol. The fraction of sp³-hybridized carbons (Fsp3) is 0.444. The first-order valence-corrected chi connectivity index (χ1v) is 12.7. The Kier molecular flexibility index (Phi) is 3.78. The topological polar surface area (TPSA) is 133 Å². The van der Waals surface area contributed by atoms with Gasteiger partial charge in [0, 0.05) is 35.5 Å². The molecule has 2 aliphatic heterocycles. The highest BCUT2D eigenvalue weighted by Crippen LogP contribution is 2.69. The van der Waals surface area contributed by atoms with Crippen molar-refractivity contribution in [1.29, 1.82) is 0 Å². The van der Waals surface area contributed by atoms with Crippen LogP contribution in [0.4, 0.5) is 10.1 Å². The van der Waals surface area contributed by atoms with Gasteiger partial charge in [0.1, 0.15) is 11.5 Å². The van der Waals surface area contributed by atoms with Gasteiger partial charge in [-0.15, -0.1) is 0 Å². The third-order valence-corrected chi connectivity index (χ3v) is 9.48. The van der Waals surface area contributed by atoms with Crippen LogP contribution in [0.3, 0.4) is 0 Å². The van der Waals surface area contributed by atoms with Crippen molar-refractivity contribution in [3.8, 4) is 11.5 Å². The first-order valence-electron chi connectivity index (χ1n) is 12.7. The third-order valence-electron chi connectivity index (χ3n) is 9.48. The minimum absolute atomic E-state index is 0.0558. The second-order valence-electron chi connectivity index (χ2n) is 11.3. The zero-order valence-corrected chi connectivity index (χ0v) is 19.7. The van der Waals surface area contributed by atoms with Gasteiger partial charge in [-0.1, -0.05) is 6.07 Å². The van der Waals surface area contributed by atoms with Crippen molar-refractivity contribution in [2.75, 3.05) is 13.1 Å². The lowest BCUT2D eigenvalue weighted by Crippen LogP contribution is -2.74. The number of likely N-dealkylation sites (tertiary alicyclic amines) is 1. The van der Waals surface area contributed by atoms with E-state index in [1.807, 2.05) is 6.07 Å². The summed E-state index contributed by atoms with van der Waals surface area (Å²) >= 11 is 0. The van der Waals surface area contributed by atoms with Gasteiger partial charge in [0.15, 0.2) is 23.6 Å². The number of nitrogens with two attached hydrogens (primary N) is 2. The van der Waals surface area contributed by atoms with E-state index in [-0.39, 0.29) is 23.4 Å². The number of aromatic hydroxyl groups is 1. The fourth-order valence-corrected chi connectivity index (χ4v) is 7.86. The molecule has 1 aromatic heterocycles. The van der Waals surface area contributed by atoms with Crippen molar-refractivity contribution in [3.05, 3.63) is 52.5 Å². The maximum Gasteiger partial charge on any atom is 0.191 e. The van der Waals surface area contributed by atoms with Crippen molar-refractivity contribution in [3.63, 3.8) is 0 Å². The number of piperidine rings is 1. The molecule has 8 rings (SSSR count). The summed E-state index contributed by atoms with van der Waals surface area (Å²) in [6.07, 6.45) is 3.78. The molecule has 7 N–H and O–H groups in total. The molecule has 2 aromatic carbocycles. The third kappa shape index (κ3) is 2.38. The number of halogens is 1. The number of aliphatic imine (C=N–C) groups is 1. The number of nitrogens with one attached hydrogen (secondary N) is 1. The van der Waals surface area contributed by atoms with Crippen LogP contribution in [0.5, 0.6) is 11.5 Å². The number of benzene rings is 2. The number of guanidine groups is 1. The Morgan fingerprint density at radius 1 is 1.28 bits per heavy atom. The van der Waals surface area contributed by atoms with Crippen molar-refractivity contribution in [2.24, 2.45) is 22.4 Å². The molecule has 0 radical (unpaired) electrons. The van der Waals surface area contributed by atoms with Gasteiger partial charge in [-0.2, -0.15) is 0 Å². The van der Waals surface area contributed by atoms with E-state index in [0.717, 1.165) is 41.9 Å². The number of hydrogen-bond acceptors (Lipinski definition) is 5. The lowest BCUT2D eigenvalue weighted by molar-refractivity contribution is -0.173. The molecule has 4 atom stereocenters. The van der Waals surface area contributed by atoms with Gasteiger partial charge in [0.05, 0.1) is 16.7 Å². The van der Waals surface area contributed by atoms with Crippen LogP contribution in [-0.4, -0.2) is 50.8 Å². The second-order valence-corrected chi connectivity index (χ2v) is 11.3. The predicted molar refractivity (Wildman–Crippen MR) is 132 cm³/mol. The highest BCUT2D eigenvalue weighted by atomic mass is 19.1. The van der Waals surface area contributed by atoms with Crippen LogP contribution in [0.1, 0.15) is 47.8 Å². The summed E-state index contributed by atoms with van der Waals surface area (Å²) in [6.45, 7) is 1.86. The van der Waals surface area contributed by atoms with E-state index in [0.29, 0.717) is 35.4 Å². The number of hydrogen-bond donors (Lipinski definition) is 5. The number of phenols is 1. The first-order chi connectivity index (χ1) is 17.3. The van der Waals surface area contributed by atoms with Gasteiger partial charge in [0.25, 0.3) is 0 Å². The number of aliphatic hydroxyl groups is 1. The summed E-state index contributed by atoms with van der Waals surface area (Å²) in [6, 6.07) is 6.66. The number of fused-ring (bicyclic) bond motifs is 4. The summed E-state index contributed by atoms with van der Waals surface area (Å²) in [5.41, 5.74) is 13.7. The summed E-state index contributed by atoms with van der Waals surface area (Å²) in [5.74, 6) is 0.525. The van der Waals surface area contributed by atoms with Crippen LogP contribution >= 0.6 is 0 Å². The van der Waals surface area contributed by atoms with E-state index in [9.17, 15) is 10.2 Å². The van der Waals surface area contributed by atoms with E-state index < -0.39 is 22.9 Å². The SMILES string of the molecule is NC(N)=Nc1cc2[nH]c3c(c2cc1F)C[C@@]1(O)[C@@H]2Cc4ccc(O)c5c4[C@@]1(CCN2CC1CC1)[C@H]3O5. The number of H-pyrrole nitrogens is 1. The lowest BCUT2D eigenvalue weighted by Gasteiger charge is -2.62. The predicted octanol–water partition coefficient (Wildman–Crippen LogP) is 2.62. The van der Waals surface area contributed by atoms with Crippen LogP contribution in [0, 0.1) is 11.7 Å². The van der Waals surface area contributed by atoms with Gasteiger partial charge in [0.2, 0.25) is 0 Å². The monoisotopic (exact) mass is 489 g/mol. The van der Waals surface area contributed by atoms with E-state index >= 15 is 4.39 Å². The maximum atomic E-state index is 15.0. The minimum atomic E-state index is -1.12. The molecule has 0 unspecified atom stereocenters. The van der Waals surface area contributed by atoms with Crippen LogP contribution < -0.4 is 16.2 Å². The zero-order valence-electron chi connectivity index (χ0n) is 19.7. The maximum absolute atomic E-state index is 15.0. The molecule has 9 heteroatoms. The molecular formula is C27H28FN5O3. The van der Waals surface area contributed by atoms with Gasteiger partial charge in [-0.05, 0) is 67.5 Å². The quantitative estimate of drug-likeness (QED) is 0.284. The number of ether oxygens (including phenoxy) is 1. The summed E-state index contributed by atoms with van der Waals surface area (Å²) in [4.78, 5) is 9.87. The standard InChI is InChI=1S/C27H28FN5O3/c28-16-8-14-15-10-27(35)20-7-13-3-4-19(34)23-21(13)26(27,5-6-33(20)11-12-1-2-12)24(36-23)22(15)31-17(14)9-18(16)32-25(29)30/h3-4,8-9,12,20,24,31,34-35H,1-2,5-7,10-11H2,(H4,29,30,32)/t20-,24-,26-,27+/m0/s1. The molecule has 3 aromatic rings. The summed E-state index contributed by atoms with van der Waals surface area (Å²) < 4.78 is 21.6. The Bertz CT molecular complexity index is 1510. The average Bonchev–Trinajstić information content (AvgIpc) is 3.48. The van der Waals surface area contributed by atoms with Gasteiger partial charge < -0.3 is 31.4 Å². The van der Waals surface area contributed by atoms with Crippen LogP contribution in [0.15, 0.2) is 29.3 Å². The molecule has 2 bridgehead atoms. The normalized spacial score (nSPS) is 31.6. The van der Waals surface area contributed by atoms with Gasteiger partial charge >= 0.3 is 0 Å². The lowest BCUT2D eigenvalue weighted by atomic mass is 9.49. The molecule has 1 saturated carbocycles. The Morgan fingerprint density at radius 2 is 2.11 bits per heavy atom. The molecule has 1 saturated heterocycles. The molecule has 5 aliphatic rings. The highest BCUT2D eigenvalue weighted by Gasteiger charge is 2.72. The van der Waals surface area contributed by atoms with Crippen LogP contribution in [0.2, 0.25) is 0 Å². The molecule has 3 aliphatic carbocycles. The van der Waals surface area contributed by atoms with Gasteiger partial charge in [-0.3, -0.25) is 4.90 Å². The van der Waals surface area contributed by atoms with Crippen molar-refractivity contribution in [1.82, 2.24) is 9.88 Å². The van der Waals surface area contributed by atoms with Crippen molar-refractivity contribution in [2.45, 2.75) is 55.3 Å². The smallest absolute Gasteiger partial charge is 0.191 e. The fourth-order valence-electron chi connectivity index (χ4n) is 7.86. The van der Waals surface area contributed by atoms with Crippen LogP contribution in [-0.2, 0) is 18.3 Å². The Balaban J connectivity index is 1.38. The minimum Gasteiger partial charge on any atom is -0.504 e. The number of phenolic OH excluding ortho intramolecular Hbond substituents is 1. The van der Waals surface area contributed by atoms with E-state index in [2.05, 4.69) is 14.9 Å². The van der Waals surface area contributed by atoms with Crippen molar-refractivity contribution < 1.29 is 19.3 Å². The second kappa shape index (κ2) is 6.52. The van der Waals surface area contributed by atoms with Crippen molar-refractivity contribution >= 4 is 22.5 Å². The molecule has 0 amide bonds. The first kappa shape index (κ1) is 20.8. The number of aromatic nitrogens is 1. The molecule has 1 spiro atoms. The molecule has 8 nitrogen and oxygen atoms in total. The largest absolute Gasteiger partial charge is 0.504 e. The molecule has 2 fully saturated rings. The van der Waals surface area contributed by atoms with E-state index in [1.165, 1.54) is 18.9 Å². The summed E-state index contributed by atoms with van der Waals surface area (Å²) in [5, 5.41) is 24.3.